The molecule has 3 nitrogen and oxygen atoms in total. The topological polar surface area (TPSA) is 53.9 Å². The molecular weight excluding hydrogens is 166 g/mol. The zero-order valence-corrected chi connectivity index (χ0v) is 7.86. The first-order chi connectivity index (χ1) is 4.70. The molecule has 0 saturated carbocycles. The van der Waals surface area contributed by atoms with Gasteiger partial charge in [0.1, 0.15) is 0 Å². The maximum Gasteiger partial charge on any atom is 0.311 e. The lowest BCUT2D eigenvalue weighted by Gasteiger charge is -2.03. The van der Waals surface area contributed by atoms with Gasteiger partial charge in [0.15, 0.2) is 0 Å². The SMILES string of the molecule is CCOC(=O)C[C@H]([NH3+])CC.[Cl-]. The fourth-order valence-electron chi connectivity index (χ4n) is 0.600. The number of quaternary nitrogens is 1. The number of ether oxygens (including phenoxy) is 1. The molecule has 0 heterocycles. The van der Waals surface area contributed by atoms with Gasteiger partial charge in [0, 0.05) is 0 Å². The highest BCUT2D eigenvalue weighted by molar-refractivity contribution is 5.69. The van der Waals surface area contributed by atoms with Crippen molar-refractivity contribution >= 4 is 5.97 Å². The molecule has 0 aromatic carbocycles. The van der Waals surface area contributed by atoms with Crippen LogP contribution in [0.3, 0.4) is 0 Å². The molecule has 0 aliphatic carbocycles. The van der Waals surface area contributed by atoms with Crippen LogP contribution >= 0.6 is 0 Å². The molecule has 0 aliphatic heterocycles. The average molecular weight is 182 g/mol. The molecule has 0 unspecified atom stereocenters. The van der Waals surface area contributed by atoms with Gasteiger partial charge in [-0.25, -0.2) is 0 Å². The van der Waals surface area contributed by atoms with Crippen LogP contribution in [-0.4, -0.2) is 18.6 Å². The van der Waals surface area contributed by atoms with E-state index >= 15 is 0 Å². The second-order valence-corrected chi connectivity index (χ2v) is 2.28. The highest BCUT2D eigenvalue weighted by atomic mass is 35.5. The summed E-state index contributed by atoms with van der Waals surface area (Å²) in [5.41, 5.74) is 3.78. The number of carbonyl (C=O) groups is 1. The molecule has 0 fully saturated rings. The first kappa shape index (κ1) is 13.3. The number of esters is 1. The Balaban J connectivity index is 0. The lowest BCUT2D eigenvalue weighted by atomic mass is 10.2. The number of hydrogen-bond acceptors (Lipinski definition) is 2. The summed E-state index contributed by atoms with van der Waals surface area (Å²) in [5, 5.41) is 0. The maximum atomic E-state index is 10.8. The molecule has 4 heteroatoms. The second kappa shape index (κ2) is 7.82. The van der Waals surface area contributed by atoms with E-state index < -0.39 is 0 Å². The summed E-state index contributed by atoms with van der Waals surface area (Å²) >= 11 is 0. The molecule has 3 N–H and O–H groups in total. The van der Waals surface area contributed by atoms with Crippen LogP contribution < -0.4 is 18.1 Å². The van der Waals surface area contributed by atoms with Gasteiger partial charge < -0.3 is 22.9 Å². The van der Waals surface area contributed by atoms with Gasteiger partial charge in [-0.2, -0.15) is 0 Å². The molecule has 1 atom stereocenters. The van der Waals surface area contributed by atoms with Gasteiger partial charge in [-0.3, -0.25) is 4.79 Å². The van der Waals surface area contributed by atoms with E-state index in [1.807, 2.05) is 13.8 Å². The summed E-state index contributed by atoms with van der Waals surface area (Å²) in [6.45, 7) is 4.29. The summed E-state index contributed by atoms with van der Waals surface area (Å²) < 4.78 is 4.74. The number of halogens is 1. The van der Waals surface area contributed by atoms with E-state index in [2.05, 4.69) is 5.73 Å². The van der Waals surface area contributed by atoms with Crippen LogP contribution in [0.5, 0.6) is 0 Å². The molecule has 0 aliphatic rings. The smallest absolute Gasteiger partial charge is 0.311 e. The van der Waals surface area contributed by atoms with Crippen molar-refractivity contribution in [1.82, 2.24) is 0 Å². The Bertz CT molecular complexity index is 109. The summed E-state index contributed by atoms with van der Waals surface area (Å²) in [6, 6.07) is 0.207. The highest BCUT2D eigenvalue weighted by Gasteiger charge is 2.09. The third-order valence-corrected chi connectivity index (χ3v) is 1.34. The Morgan fingerprint density at radius 2 is 2.09 bits per heavy atom. The van der Waals surface area contributed by atoms with Crippen molar-refractivity contribution in [2.45, 2.75) is 32.7 Å². The Kier molecular flexibility index (Phi) is 9.47. The summed E-state index contributed by atoms with van der Waals surface area (Å²) in [7, 11) is 0. The van der Waals surface area contributed by atoms with Crippen molar-refractivity contribution in [1.29, 1.82) is 0 Å². The third kappa shape index (κ3) is 7.62. The van der Waals surface area contributed by atoms with E-state index in [4.69, 9.17) is 4.74 Å². The third-order valence-electron chi connectivity index (χ3n) is 1.34. The molecule has 0 saturated heterocycles. The zero-order chi connectivity index (χ0) is 7.98. The molecule has 0 rings (SSSR count). The Labute approximate surface area is 73.7 Å². The van der Waals surface area contributed by atoms with E-state index in [1.54, 1.807) is 0 Å². The van der Waals surface area contributed by atoms with Crippen molar-refractivity contribution in [2.75, 3.05) is 6.61 Å². The number of carbonyl (C=O) groups excluding carboxylic acids is 1. The van der Waals surface area contributed by atoms with Gasteiger partial charge in [0.2, 0.25) is 0 Å². The molecule has 11 heavy (non-hydrogen) atoms. The Hall–Kier alpha value is -0.280. The molecule has 0 amide bonds. The van der Waals surface area contributed by atoms with Gasteiger partial charge in [-0.1, -0.05) is 6.92 Å². The van der Waals surface area contributed by atoms with E-state index in [9.17, 15) is 4.79 Å². The van der Waals surface area contributed by atoms with Crippen molar-refractivity contribution in [3.8, 4) is 0 Å². The number of rotatable bonds is 4. The molecule has 0 radical (unpaired) electrons. The molecule has 0 aromatic heterocycles. The number of hydrogen-bond donors (Lipinski definition) is 1. The molecule has 0 aromatic rings. The minimum Gasteiger partial charge on any atom is -1.00 e. The zero-order valence-electron chi connectivity index (χ0n) is 7.10. The van der Waals surface area contributed by atoms with Gasteiger partial charge in [-0.15, -0.1) is 0 Å². The van der Waals surface area contributed by atoms with Crippen LogP contribution in [0.25, 0.3) is 0 Å². The largest absolute Gasteiger partial charge is 1.00 e. The van der Waals surface area contributed by atoms with Crippen LogP contribution in [-0.2, 0) is 9.53 Å². The fraction of sp³-hybridized carbons (Fsp3) is 0.857. The van der Waals surface area contributed by atoms with E-state index in [-0.39, 0.29) is 24.4 Å². The van der Waals surface area contributed by atoms with Crippen LogP contribution in [0.15, 0.2) is 0 Å². The summed E-state index contributed by atoms with van der Waals surface area (Å²) in [5.74, 6) is -0.135. The maximum absolute atomic E-state index is 10.8. The van der Waals surface area contributed by atoms with Crippen molar-refractivity contribution < 1.29 is 27.7 Å². The predicted octanol–water partition coefficient (Wildman–Crippen LogP) is -3.04. The van der Waals surface area contributed by atoms with Crippen LogP contribution in [0.1, 0.15) is 26.7 Å². The lowest BCUT2D eigenvalue weighted by Crippen LogP contribution is -3.00. The van der Waals surface area contributed by atoms with Crippen LogP contribution in [0, 0.1) is 0 Å². The van der Waals surface area contributed by atoms with Crippen molar-refractivity contribution in [2.24, 2.45) is 0 Å². The molecule has 0 spiro atoms. The van der Waals surface area contributed by atoms with Crippen molar-refractivity contribution in [3.05, 3.63) is 0 Å². The molecular formula is C7H16ClNO2. The minimum absolute atomic E-state index is 0. The van der Waals surface area contributed by atoms with E-state index in [0.29, 0.717) is 13.0 Å². The van der Waals surface area contributed by atoms with Gasteiger partial charge in [-0.05, 0) is 13.3 Å². The first-order valence-electron chi connectivity index (χ1n) is 3.69. The van der Waals surface area contributed by atoms with Gasteiger partial charge in [0.05, 0.1) is 19.1 Å². The lowest BCUT2D eigenvalue weighted by molar-refractivity contribution is -0.419. The molecule has 0 bridgehead atoms. The summed E-state index contributed by atoms with van der Waals surface area (Å²) in [4.78, 5) is 10.8. The van der Waals surface area contributed by atoms with Crippen LogP contribution in [0.2, 0.25) is 0 Å². The predicted molar refractivity (Wildman–Crippen MR) is 38.2 cm³/mol. The second-order valence-electron chi connectivity index (χ2n) is 2.28. The first-order valence-corrected chi connectivity index (χ1v) is 3.69. The quantitative estimate of drug-likeness (QED) is 0.469. The van der Waals surface area contributed by atoms with Crippen molar-refractivity contribution in [3.63, 3.8) is 0 Å². The Morgan fingerprint density at radius 3 is 2.45 bits per heavy atom. The minimum atomic E-state index is -0.135. The summed E-state index contributed by atoms with van der Waals surface area (Å²) in [6.07, 6.45) is 1.38. The molecule has 68 valence electrons. The van der Waals surface area contributed by atoms with Gasteiger partial charge >= 0.3 is 5.97 Å². The Morgan fingerprint density at radius 1 is 1.55 bits per heavy atom. The standard InChI is InChI=1S/C7H15NO2.ClH/c1-3-6(8)5-7(9)10-4-2;/h6H,3-5,8H2,1-2H3;1H/t6-;/m1./s1. The monoisotopic (exact) mass is 181 g/mol. The van der Waals surface area contributed by atoms with E-state index in [0.717, 1.165) is 6.42 Å². The average Bonchev–Trinajstić information content (AvgIpc) is 1.88. The fourth-order valence-corrected chi connectivity index (χ4v) is 0.600. The normalized spacial score (nSPS) is 11.5. The van der Waals surface area contributed by atoms with Gasteiger partial charge in [0.25, 0.3) is 0 Å². The van der Waals surface area contributed by atoms with Crippen LogP contribution in [0.4, 0.5) is 0 Å². The van der Waals surface area contributed by atoms with E-state index in [1.165, 1.54) is 0 Å². The highest BCUT2D eigenvalue weighted by Crippen LogP contribution is 1.93.